The topological polar surface area (TPSA) is 12.0 Å². The van der Waals surface area contributed by atoms with Gasteiger partial charge in [-0.05, 0) is 62.1 Å². The van der Waals surface area contributed by atoms with Gasteiger partial charge in [0.1, 0.15) is 5.82 Å². The van der Waals surface area contributed by atoms with E-state index in [2.05, 4.69) is 19.2 Å². The van der Waals surface area contributed by atoms with E-state index in [1.54, 1.807) is 12.1 Å². The van der Waals surface area contributed by atoms with Crippen LogP contribution in [-0.2, 0) is 6.42 Å². The molecule has 1 N–H and O–H groups in total. The van der Waals surface area contributed by atoms with Crippen molar-refractivity contribution in [2.24, 2.45) is 11.8 Å². The quantitative estimate of drug-likeness (QED) is 0.803. The van der Waals surface area contributed by atoms with Crippen molar-refractivity contribution in [3.05, 3.63) is 35.6 Å². The highest BCUT2D eigenvalue weighted by molar-refractivity contribution is 5.18. The van der Waals surface area contributed by atoms with Gasteiger partial charge in [-0.15, -0.1) is 0 Å². The monoisotopic (exact) mass is 277 g/mol. The third kappa shape index (κ3) is 4.05. The second-order valence-corrected chi connectivity index (χ2v) is 6.20. The van der Waals surface area contributed by atoms with Gasteiger partial charge in [-0.3, -0.25) is 0 Å². The van der Waals surface area contributed by atoms with Gasteiger partial charge in [0, 0.05) is 6.04 Å². The Bertz CT molecular complexity index is 404. The SMILES string of the molecule is CCCNC1CCC(CC)CC1Cc1ccccc1F. The highest BCUT2D eigenvalue weighted by Crippen LogP contribution is 2.33. The largest absolute Gasteiger partial charge is 0.314 e. The molecule has 0 amide bonds. The van der Waals surface area contributed by atoms with E-state index in [9.17, 15) is 4.39 Å². The third-order valence-electron chi connectivity index (χ3n) is 4.76. The minimum absolute atomic E-state index is 0.0413. The smallest absolute Gasteiger partial charge is 0.126 e. The van der Waals surface area contributed by atoms with Crippen LogP contribution >= 0.6 is 0 Å². The van der Waals surface area contributed by atoms with Crippen LogP contribution in [0.3, 0.4) is 0 Å². The van der Waals surface area contributed by atoms with Crippen molar-refractivity contribution in [2.75, 3.05) is 6.54 Å². The molecular weight excluding hydrogens is 249 g/mol. The summed E-state index contributed by atoms with van der Waals surface area (Å²) in [5.74, 6) is 1.36. The average molecular weight is 277 g/mol. The van der Waals surface area contributed by atoms with Gasteiger partial charge in [0.25, 0.3) is 0 Å². The fraction of sp³-hybridized carbons (Fsp3) is 0.667. The molecule has 0 aliphatic heterocycles. The van der Waals surface area contributed by atoms with E-state index in [4.69, 9.17) is 0 Å². The van der Waals surface area contributed by atoms with E-state index in [1.807, 2.05) is 12.1 Å². The summed E-state index contributed by atoms with van der Waals surface area (Å²) in [6.07, 6.45) is 7.12. The van der Waals surface area contributed by atoms with Gasteiger partial charge in [-0.25, -0.2) is 4.39 Å². The first-order valence-electron chi connectivity index (χ1n) is 8.21. The molecule has 0 bridgehead atoms. The number of halogens is 1. The van der Waals surface area contributed by atoms with Crippen molar-refractivity contribution >= 4 is 0 Å². The minimum Gasteiger partial charge on any atom is -0.314 e. The molecule has 20 heavy (non-hydrogen) atoms. The summed E-state index contributed by atoms with van der Waals surface area (Å²) < 4.78 is 13.9. The van der Waals surface area contributed by atoms with Crippen molar-refractivity contribution in [1.82, 2.24) is 5.32 Å². The van der Waals surface area contributed by atoms with Gasteiger partial charge in [0.15, 0.2) is 0 Å². The van der Waals surface area contributed by atoms with Crippen molar-refractivity contribution in [3.63, 3.8) is 0 Å². The summed E-state index contributed by atoms with van der Waals surface area (Å²) in [5.41, 5.74) is 0.887. The van der Waals surface area contributed by atoms with Gasteiger partial charge in [-0.1, -0.05) is 38.5 Å². The van der Waals surface area contributed by atoms with Crippen LogP contribution in [-0.4, -0.2) is 12.6 Å². The van der Waals surface area contributed by atoms with Crippen LogP contribution in [0.5, 0.6) is 0 Å². The highest BCUT2D eigenvalue weighted by Gasteiger charge is 2.29. The summed E-state index contributed by atoms with van der Waals surface area (Å²) >= 11 is 0. The van der Waals surface area contributed by atoms with E-state index in [0.717, 1.165) is 24.4 Å². The molecule has 1 aromatic carbocycles. The Morgan fingerprint density at radius 3 is 2.70 bits per heavy atom. The Labute approximate surface area is 123 Å². The van der Waals surface area contributed by atoms with Crippen molar-refractivity contribution < 1.29 is 4.39 Å². The lowest BCUT2D eigenvalue weighted by Crippen LogP contribution is -2.42. The molecule has 2 rings (SSSR count). The molecule has 1 aromatic rings. The van der Waals surface area contributed by atoms with E-state index < -0.39 is 0 Å². The van der Waals surface area contributed by atoms with Crippen molar-refractivity contribution in [1.29, 1.82) is 0 Å². The number of rotatable bonds is 6. The molecule has 1 fully saturated rings. The fourth-order valence-electron chi connectivity index (χ4n) is 3.50. The van der Waals surface area contributed by atoms with E-state index in [-0.39, 0.29) is 5.82 Å². The van der Waals surface area contributed by atoms with E-state index >= 15 is 0 Å². The first-order chi connectivity index (χ1) is 9.74. The van der Waals surface area contributed by atoms with Crippen LogP contribution in [0.15, 0.2) is 24.3 Å². The molecule has 2 heteroatoms. The van der Waals surface area contributed by atoms with E-state index in [0.29, 0.717) is 12.0 Å². The Hall–Kier alpha value is -0.890. The second-order valence-electron chi connectivity index (χ2n) is 6.20. The molecule has 0 radical (unpaired) electrons. The zero-order valence-corrected chi connectivity index (χ0v) is 12.9. The summed E-state index contributed by atoms with van der Waals surface area (Å²) in [6, 6.07) is 7.83. The van der Waals surface area contributed by atoms with Gasteiger partial charge in [0.2, 0.25) is 0 Å². The summed E-state index contributed by atoms with van der Waals surface area (Å²) in [6.45, 7) is 5.57. The first kappa shape index (κ1) is 15.5. The second kappa shape index (κ2) is 7.78. The maximum absolute atomic E-state index is 13.9. The molecule has 0 heterocycles. The zero-order chi connectivity index (χ0) is 14.4. The lowest BCUT2D eigenvalue weighted by molar-refractivity contribution is 0.197. The number of benzene rings is 1. The van der Waals surface area contributed by atoms with Crippen molar-refractivity contribution in [2.45, 2.75) is 58.4 Å². The summed E-state index contributed by atoms with van der Waals surface area (Å²) in [7, 11) is 0. The molecule has 3 atom stereocenters. The number of hydrogen-bond donors (Lipinski definition) is 1. The molecule has 1 aliphatic carbocycles. The fourth-order valence-corrected chi connectivity index (χ4v) is 3.50. The predicted octanol–water partition coefficient (Wildman–Crippen LogP) is 4.56. The summed E-state index contributed by atoms with van der Waals surface area (Å²) in [5, 5.41) is 3.68. The molecule has 112 valence electrons. The lowest BCUT2D eigenvalue weighted by atomic mass is 9.74. The highest BCUT2D eigenvalue weighted by atomic mass is 19.1. The van der Waals surface area contributed by atoms with Crippen LogP contribution in [0.4, 0.5) is 4.39 Å². The summed E-state index contributed by atoms with van der Waals surface area (Å²) in [4.78, 5) is 0. The molecule has 3 unspecified atom stereocenters. The normalized spacial score (nSPS) is 26.6. The van der Waals surface area contributed by atoms with Crippen LogP contribution in [0.1, 0.15) is 51.5 Å². The minimum atomic E-state index is -0.0413. The maximum atomic E-state index is 13.9. The zero-order valence-electron chi connectivity index (χ0n) is 12.9. The van der Waals surface area contributed by atoms with Crippen LogP contribution in [0.2, 0.25) is 0 Å². The number of hydrogen-bond acceptors (Lipinski definition) is 1. The predicted molar refractivity (Wildman–Crippen MR) is 83.3 cm³/mol. The van der Waals surface area contributed by atoms with Gasteiger partial charge < -0.3 is 5.32 Å². The van der Waals surface area contributed by atoms with Crippen LogP contribution in [0.25, 0.3) is 0 Å². The number of nitrogens with one attached hydrogen (secondary N) is 1. The van der Waals surface area contributed by atoms with Gasteiger partial charge in [0.05, 0.1) is 0 Å². The molecule has 1 nitrogen and oxygen atoms in total. The Kier molecular flexibility index (Phi) is 6.03. The Balaban J connectivity index is 2.04. The Morgan fingerprint density at radius 1 is 1.20 bits per heavy atom. The molecule has 1 saturated carbocycles. The van der Waals surface area contributed by atoms with Crippen LogP contribution in [0, 0.1) is 17.7 Å². The molecule has 1 aliphatic rings. The standard InChI is InChI=1S/C18H28FN/c1-3-11-20-18-10-9-14(4-2)12-16(18)13-15-7-5-6-8-17(15)19/h5-8,14,16,18,20H,3-4,9-13H2,1-2H3. The third-order valence-corrected chi connectivity index (χ3v) is 4.76. The van der Waals surface area contributed by atoms with Crippen LogP contribution < -0.4 is 5.32 Å². The van der Waals surface area contributed by atoms with E-state index in [1.165, 1.54) is 32.1 Å². The van der Waals surface area contributed by atoms with Crippen molar-refractivity contribution in [3.8, 4) is 0 Å². The lowest BCUT2D eigenvalue weighted by Gasteiger charge is -2.37. The van der Waals surface area contributed by atoms with Gasteiger partial charge in [-0.2, -0.15) is 0 Å². The van der Waals surface area contributed by atoms with Gasteiger partial charge >= 0.3 is 0 Å². The molecular formula is C18H28FN. The maximum Gasteiger partial charge on any atom is 0.126 e. The molecule has 0 spiro atoms. The Morgan fingerprint density at radius 2 is 2.00 bits per heavy atom. The molecule has 0 saturated heterocycles. The molecule has 0 aromatic heterocycles. The average Bonchev–Trinajstić information content (AvgIpc) is 2.48. The first-order valence-corrected chi connectivity index (χ1v) is 8.21.